The first-order valence-electron chi connectivity index (χ1n) is 8.47. The van der Waals surface area contributed by atoms with E-state index in [1.54, 1.807) is 17.7 Å². The van der Waals surface area contributed by atoms with Crippen LogP contribution in [0.4, 0.5) is 5.82 Å². The Labute approximate surface area is 140 Å². The van der Waals surface area contributed by atoms with E-state index in [0.29, 0.717) is 5.91 Å². The van der Waals surface area contributed by atoms with Gasteiger partial charge in [0.15, 0.2) is 0 Å². The number of anilines is 1. The summed E-state index contributed by atoms with van der Waals surface area (Å²) in [4.78, 5) is 28.1. The summed E-state index contributed by atoms with van der Waals surface area (Å²) in [5.74, 6) is 1.61. The van der Waals surface area contributed by atoms with E-state index in [0.717, 1.165) is 55.1 Å². The quantitative estimate of drug-likeness (QED) is 0.849. The van der Waals surface area contributed by atoms with Crippen molar-refractivity contribution < 1.29 is 4.79 Å². The van der Waals surface area contributed by atoms with Gasteiger partial charge in [0.05, 0.1) is 5.39 Å². The predicted molar refractivity (Wildman–Crippen MR) is 92.9 cm³/mol. The van der Waals surface area contributed by atoms with Crippen molar-refractivity contribution in [1.82, 2.24) is 14.9 Å². The van der Waals surface area contributed by atoms with Gasteiger partial charge in [0.2, 0.25) is 5.91 Å². The van der Waals surface area contributed by atoms with Crippen molar-refractivity contribution in [2.75, 3.05) is 31.1 Å². The van der Waals surface area contributed by atoms with Crippen LogP contribution < -0.4 is 4.90 Å². The smallest absolute Gasteiger partial charge is 0.225 e. The number of carbonyl (C=O) groups is 1. The summed E-state index contributed by atoms with van der Waals surface area (Å²) in [6.07, 6.45) is 5.87. The van der Waals surface area contributed by atoms with E-state index >= 15 is 0 Å². The molecule has 0 radical (unpaired) electrons. The Morgan fingerprint density at radius 1 is 1.17 bits per heavy atom. The topological polar surface area (TPSA) is 49.3 Å². The Kier molecular flexibility index (Phi) is 3.93. The summed E-state index contributed by atoms with van der Waals surface area (Å²) in [5.41, 5.74) is 0. The minimum Gasteiger partial charge on any atom is -0.356 e. The number of hydrogen-bond donors (Lipinski definition) is 0. The highest BCUT2D eigenvalue weighted by Gasteiger charge is 2.30. The van der Waals surface area contributed by atoms with Crippen LogP contribution in [-0.4, -0.2) is 47.0 Å². The normalized spacial score (nSPS) is 19.7. The fourth-order valence-corrected chi connectivity index (χ4v) is 4.59. The third-order valence-corrected chi connectivity index (χ3v) is 5.95. The third kappa shape index (κ3) is 2.80. The second kappa shape index (κ2) is 6.07. The molecule has 0 aliphatic carbocycles. The Hall–Kier alpha value is -1.69. The van der Waals surface area contributed by atoms with Gasteiger partial charge in [0.1, 0.15) is 17.0 Å². The molecule has 0 N–H and O–H groups in total. The SMILES string of the molecule is Cc1cc2c(N3CCC(C(=O)N4CCCC4)CC3)ncnc2s1. The van der Waals surface area contributed by atoms with E-state index in [4.69, 9.17) is 0 Å². The minimum atomic E-state index is 0.200. The van der Waals surface area contributed by atoms with E-state index < -0.39 is 0 Å². The van der Waals surface area contributed by atoms with Crippen LogP contribution in [0.15, 0.2) is 12.4 Å². The van der Waals surface area contributed by atoms with Gasteiger partial charge in [-0.3, -0.25) is 4.79 Å². The number of aryl methyl sites for hydroxylation is 1. The van der Waals surface area contributed by atoms with Crippen LogP contribution in [0.5, 0.6) is 0 Å². The zero-order valence-electron chi connectivity index (χ0n) is 13.5. The summed E-state index contributed by atoms with van der Waals surface area (Å²) >= 11 is 1.71. The number of thiophene rings is 1. The van der Waals surface area contributed by atoms with Gasteiger partial charge in [0, 0.05) is 37.0 Å². The maximum Gasteiger partial charge on any atom is 0.225 e. The number of rotatable bonds is 2. The van der Waals surface area contributed by atoms with E-state index in [1.165, 1.54) is 17.7 Å². The zero-order chi connectivity index (χ0) is 15.8. The molecule has 2 aliphatic rings. The maximum atomic E-state index is 12.5. The molecule has 122 valence electrons. The van der Waals surface area contributed by atoms with Gasteiger partial charge in [0.25, 0.3) is 0 Å². The van der Waals surface area contributed by atoms with Crippen LogP contribution in [0.1, 0.15) is 30.6 Å². The second-order valence-electron chi connectivity index (χ2n) is 6.57. The van der Waals surface area contributed by atoms with Gasteiger partial charge in [-0.05, 0) is 38.7 Å². The van der Waals surface area contributed by atoms with Crippen molar-refractivity contribution in [3.05, 3.63) is 17.3 Å². The van der Waals surface area contributed by atoms with E-state index in [1.807, 2.05) is 0 Å². The molecule has 23 heavy (non-hydrogen) atoms. The molecule has 0 saturated carbocycles. The standard InChI is InChI=1S/C17H22N4OS/c1-12-10-14-15(18-11-19-16(14)23-12)20-8-4-13(5-9-20)17(22)21-6-2-3-7-21/h10-11,13H,2-9H2,1H3. The van der Waals surface area contributed by atoms with E-state index in [9.17, 15) is 4.79 Å². The molecule has 1 amide bonds. The summed E-state index contributed by atoms with van der Waals surface area (Å²) in [5, 5.41) is 1.15. The molecule has 0 atom stereocenters. The largest absolute Gasteiger partial charge is 0.356 e. The number of amides is 1. The van der Waals surface area contributed by atoms with Gasteiger partial charge in [-0.15, -0.1) is 11.3 Å². The molecular formula is C17H22N4OS. The number of nitrogens with zero attached hydrogens (tertiary/aromatic N) is 4. The molecule has 4 heterocycles. The molecule has 2 aliphatic heterocycles. The highest BCUT2D eigenvalue weighted by Crippen LogP contribution is 2.32. The van der Waals surface area contributed by atoms with Crippen molar-refractivity contribution in [2.24, 2.45) is 5.92 Å². The fraction of sp³-hybridized carbons (Fsp3) is 0.588. The average molecular weight is 330 g/mol. The second-order valence-corrected chi connectivity index (χ2v) is 7.80. The molecule has 2 aromatic rings. The summed E-state index contributed by atoms with van der Waals surface area (Å²) in [6.45, 7) is 5.84. The monoisotopic (exact) mass is 330 g/mol. The lowest BCUT2D eigenvalue weighted by Crippen LogP contribution is -2.42. The lowest BCUT2D eigenvalue weighted by molar-refractivity contribution is -0.135. The molecule has 0 bridgehead atoms. The molecule has 2 saturated heterocycles. The lowest BCUT2D eigenvalue weighted by Gasteiger charge is -2.34. The predicted octanol–water partition coefficient (Wildman–Crippen LogP) is 2.84. The summed E-state index contributed by atoms with van der Waals surface area (Å²) < 4.78 is 0. The van der Waals surface area contributed by atoms with Crippen molar-refractivity contribution in [3.63, 3.8) is 0 Å². The molecule has 0 spiro atoms. The Balaban J connectivity index is 1.47. The number of hydrogen-bond acceptors (Lipinski definition) is 5. The van der Waals surface area contributed by atoms with Gasteiger partial charge in [-0.2, -0.15) is 0 Å². The van der Waals surface area contributed by atoms with Crippen LogP contribution in [0, 0.1) is 12.8 Å². The maximum absolute atomic E-state index is 12.5. The number of likely N-dealkylation sites (tertiary alicyclic amines) is 1. The van der Waals surface area contributed by atoms with Gasteiger partial charge in [-0.1, -0.05) is 0 Å². The van der Waals surface area contributed by atoms with E-state index in [2.05, 4.69) is 32.8 Å². The van der Waals surface area contributed by atoms with Crippen molar-refractivity contribution in [3.8, 4) is 0 Å². The van der Waals surface area contributed by atoms with Crippen LogP contribution in [0.2, 0.25) is 0 Å². The molecule has 4 rings (SSSR count). The molecule has 0 aromatic carbocycles. The van der Waals surface area contributed by atoms with Crippen LogP contribution in [0.25, 0.3) is 10.2 Å². The fourth-order valence-electron chi connectivity index (χ4n) is 3.75. The summed E-state index contributed by atoms with van der Waals surface area (Å²) in [7, 11) is 0. The Bertz CT molecular complexity index is 714. The van der Waals surface area contributed by atoms with Crippen LogP contribution in [-0.2, 0) is 4.79 Å². The van der Waals surface area contributed by atoms with Crippen LogP contribution >= 0.6 is 11.3 Å². The first kappa shape index (κ1) is 14.9. The summed E-state index contributed by atoms with van der Waals surface area (Å²) in [6, 6.07) is 2.18. The van der Waals surface area contributed by atoms with Crippen molar-refractivity contribution in [1.29, 1.82) is 0 Å². The van der Waals surface area contributed by atoms with E-state index in [-0.39, 0.29) is 5.92 Å². The lowest BCUT2D eigenvalue weighted by atomic mass is 9.95. The van der Waals surface area contributed by atoms with Gasteiger partial charge in [-0.25, -0.2) is 9.97 Å². The molecule has 6 heteroatoms. The number of piperidine rings is 1. The highest BCUT2D eigenvalue weighted by molar-refractivity contribution is 7.18. The third-order valence-electron chi connectivity index (χ3n) is 4.99. The Morgan fingerprint density at radius 2 is 1.91 bits per heavy atom. The molecular weight excluding hydrogens is 308 g/mol. The molecule has 2 fully saturated rings. The van der Waals surface area contributed by atoms with Crippen molar-refractivity contribution in [2.45, 2.75) is 32.6 Å². The van der Waals surface area contributed by atoms with Gasteiger partial charge >= 0.3 is 0 Å². The zero-order valence-corrected chi connectivity index (χ0v) is 14.3. The molecule has 5 nitrogen and oxygen atoms in total. The van der Waals surface area contributed by atoms with Crippen molar-refractivity contribution >= 4 is 33.3 Å². The first-order valence-corrected chi connectivity index (χ1v) is 9.29. The van der Waals surface area contributed by atoms with Crippen LogP contribution in [0.3, 0.4) is 0 Å². The molecule has 0 unspecified atom stereocenters. The highest BCUT2D eigenvalue weighted by atomic mass is 32.1. The number of carbonyl (C=O) groups excluding carboxylic acids is 1. The first-order chi connectivity index (χ1) is 11.2. The number of aromatic nitrogens is 2. The number of fused-ring (bicyclic) bond motifs is 1. The Morgan fingerprint density at radius 3 is 2.65 bits per heavy atom. The minimum absolute atomic E-state index is 0.200. The van der Waals surface area contributed by atoms with Gasteiger partial charge < -0.3 is 9.80 Å². The average Bonchev–Trinajstić information content (AvgIpc) is 3.22. The molecule has 2 aromatic heterocycles.